The van der Waals surface area contributed by atoms with E-state index in [0.29, 0.717) is 0 Å². The van der Waals surface area contributed by atoms with Gasteiger partial charge in [-0.05, 0) is 0 Å². The maximum Gasteiger partial charge on any atom is 0.316 e. The molecule has 4 heteroatoms. The van der Waals surface area contributed by atoms with Crippen LogP contribution in [0.25, 0.3) is 0 Å². The van der Waals surface area contributed by atoms with E-state index in [-0.39, 0.29) is 0 Å². The molecular weight excluding hydrogens is 571 g/mol. The Bertz CT molecular complexity index is 335. The van der Waals surface area contributed by atoms with E-state index in [0.717, 1.165) is 0 Å². The molecule has 0 saturated heterocycles. The van der Waals surface area contributed by atoms with Crippen LogP contribution in [-0.2, 0) is 9.09 Å². The van der Waals surface area contributed by atoms with Crippen molar-refractivity contribution in [3.8, 4) is 0 Å². The third-order valence-electron chi connectivity index (χ3n) is 8.00. The highest BCUT2D eigenvalue weighted by molar-refractivity contribution is 7.32. The molecule has 0 aliphatic heterocycles. The van der Waals surface area contributed by atoms with Crippen LogP contribution >= 0.6 is 8.25 Å². The zero-order valence-corrected chi connectivity index (χ0v) is 34.4. The second-order valence-corrected chi connectivity index (χ2v) is 13.9. The molecule has 45 heavy (non-hydrogen) atoms. The van der Waals surface area contributed by atoms with Gasteiger partial charge in [0, 0.05) is 7.11 Å². The fourth-order valence-electron chi connectivity index (χ4n) is 4.83. The molecule has 0 fully saturated rings. The van der Waals surface area contributed by atoms with Crippen LogP contribution in [0.1, 0.15) is 261 Å². The van der Waals surface area contributed by atoms with E-state index >= 15 is 0 Å². The SMILES string of the molecule is CCCCCCCCCC.CCCCCCCCCC.CCCCCCCCCC.CCCCCCCCCC.CO[PH](=O)O. The molecule has 1 unspecified atom stereocenters. The van der Waals surface area contributed by atoms with Gasteiger partial charge in [0.25, 0.3) is 0 Å². The van der Waals surface area contributed by atoms with Crippen molar-refractivity contribution in [3.05, 3.63) is 0 Å². The van der Waals surface area contributed by atoms with Crippen LogP contribution in [0.4, 0.5) is 0 Å². The number of hydrogen-bond acceptors (Lipinski definition) is 2. The molecule has 0 aromatic heterocycles. The van der Waals surface area contributed by atoms with Crippen LogP contribution in [0.5, 0.6) is 0 Å². The summed E-state index contributed by atoms with van der Waals surface area (Å²) in [6.45, 7) is 18.2. The van der Waals surface area contributed by atoms with Crippen molar-refractivity contribution in [2.75, 3.05) is 7.11 Å². The van der Waals surface area contributed by atoms with Crippen LogP contribution in [-0.4, -0.2) is 12.0 Å². The van der Waals surface area contributed by atoms with E-state index < -0.39 is 8.25 Å². The predicted molar refractivity (Wildman–Crippen MR) is 211 cm³/mol. The van der Waals surface area contributed by atoms with E-state index in [4.69, 9.17) is 4.89 Å². The number of rotatable bonds is 29. The Morgan fingerprint density at radius 2 is 0.400 bits per heavy atom. The molecule has 0 radical (unpaired) electrons. The minimum Gasteiger partial charge on any atom is -0.326 e. The molecular formula is C41H93O3P. The maximum absolute atomic E-state index is 9.33. The normalized spacial score (nSPS) is 10.7. The van der Waals surface area contributed by atoms with E-state index in [1.807, 2.05) is 0 Å². The quantitative estimate of drug-likeness (QED) is 0.0639. The molecule has 0 spiro atoms. The van der Waals surface area contributed by atoms with Gasteiger partial charge in [0.15, 0.2) is 0 Å². The lowest BCUT2D eigenvalue weighted by atomic mass is 10.1. The summed E-state index contributed by atoms with van der Waals surface area (Å²) in [6.07, 6.45) is 45.8. The number of unbranched alkanes of at least 4 members (excludes halogenated alkanes) is 28. The first kappa shape index (κ1) is 54.6. The molecule has 0 saturated carbocycles. The molecule has 0 aliphatic rings. The maximum atomic E-state index is 9.33. The summed E-state index contributed by atoms with van der Waals surface area (Å²) in [6, 6.07) is 0. The van der Waals surface area contributed by atoms with Gasteiger partial charge in [0.2, 0.25) is 0 Å². The smallest absolute Gasteiger partial charge is 0.316 e. The fourth-order valence-corrected chi connectivity index (χ4v) is 4.83. The van der Waals surface area contributed by atoms with Gasteiger partial charge in [-0.25, -0.2) is 0 Å². The van der Waals surface area contributed by atoms with Crippen molar-refractivity contribution in [3.63, 3.8) is 0 Å². The van der Waals surface area contributed by atoms with Crippen LogP contribution in [0.3, 0.4) is 0 Å². The summed E-state index contributed by atoms with van der Waals surface area (Å²) in [7, 11) is -1.44. The summed E-state index contributed by atoms with van der Waals surface area (Å²) in [4.78, 5) is 7.69. The molecule has 1 N–H and O–H groups in total. The van der Waals surface area contributed by atoms with Crippen LogP contribution in [0.2, 0.25) is 0 Å². The Balaban J connectivity index is -0.000000150. The molecule has 0 rings (SSSR count). The van der Waals surface area contributed by atoms with Gasteiger partial charge in [-0.2, -0.15) is 0 Å². The van der Waals surface area contributed by atoms with Crippen LogP contribution in [0.15, 0.2) is 0 Å². The summed E-state index contributed by atoms with van der Waals surface area (Å²) in [5, 5.41) is 0. The Morgan fingerprint density at radius 3 is 0.467 bits per heavy atom. The van der Waals surface area contributed by atoms with Gasteiger partial charge >= 0.3 is 8.25 Å². The summed E-state index contributed by atoms with van der Waals surface area (Å²) in [5.74, 6) is 0. The van der Waals surface area contributed by atoms with Gasteiger partial charge in [-0.1, -0.05) is 261 Å². The highest BCUT2D eigenvalue weighted by atomic mass is 31.1. The average molecular weight is 665 g/mol. The Hall–Kier alpha value is 0.150. The zero-order chi connectivity index (χ0) is 34.9. The first-order chi connectivity index (χ1) is 21.9. The number of hydrogen-bond donors (Lipinski definition) is 1. The minimum atomic E-state index is -2.62. The van der Waals surface area contributed by atoms with E-state index in [2.05, 4.69) is 59.9 Å². The summed E-state index contributed by atoms with van der Waals surface area (Å²) < 4.78 is 13.2. The predicted octanol–water partition coefficient (Wildman–Crippen LogP) is 16.6. The lowest BCUT2D eigenvalue weighted by Crippen LogP contribution is -1.77. The van der Waals surface area contributed by atoms with Gasteiger partial charge in [0.05, 0.1) is 0 Å². The fraction of sp³-hybridized carbons (Fsp3) is 1.00. The molecule has 0 bridgehead atoms. The molecule has 3 nitrogen and oxygen atoms in total. The Labute approximate surface area is 289 Å². The van der Waals surface area contributed by atoms with Crippen molar-refractivity contribution in [1.29, 1.82) is 0 Å². The lowest BCUT2D eigenvalue weighted by molar-refractivity contribution is 0.343. The van der Waals surface area contributed by atoms with E-state index in [9.17, 15) is 4.57 Å². The van der Waals surface area contributed by atoms with Crippen LogP contribution in [0, 0.1) is 0 Å². The van der Waals surface area contributed by atoms with Crippen molar-refractivity contribution in [1.82, 2.24) is 0 Å². The third kappa shape index (κ3) is 86.3. The van der Waals surface area contributed by atoms with E-state index in [1.54, 1.807) is 0 Å². The monoisotopic (exact) mass is 665 g/mol. The third-order valence-corrected chi connectivity index (χ3v) is 8.35. The second kappa shape index (κ2) is 62.9. The molecule has 0 aromatic rings. The summed E-state index contributed by atoms with van der Waals surface area (Å²) in [5.41, 5.74) is 0. The second-order valence-electron chi connectivity index (χ2n) is 13.0. The standard InChI is InChI=1S/4C10H22.CH5O3P/c4*1-3-5-7-9-10-8-6-4-2;1-4-5(2)3/h4*3-10H2,1-2H3;5H,1H3,(H,2,3). The highest BCUT2D eigenvalue weighted by Crippen LogP contribution is 2.11. The first-order valence-corrected chi connectivity index (χ1v) is 22.0. The van der Waals surface area contributed by atoms with E-state index in [1.165, 1.54) is 213 Å². The Kier molecular flexibility index (Phi) is 76.3. The topological polar surface area (TPSA) is 46.5 Å². The lowest BCUT2D eigenvalue weighted by Gasteiger charge is -1.97. The first-order valence-electron chi connectivity index (χ1n) is 20.7. The van der Waals surface area contributed by atoms with Gasteiger partial charge < -0.3 is 9.42 Å². The molecule has 0 aromatic carbocycles. The highest BCUT2D eigenvalue weighted by Gasteiger charge is 1.90. The van der Waals surface area contributed by atoms with Gasteiger partial charge in [0.1, 0.15) is 0 Å². The zero-order valence-electron chi connectivity index (χ0n) is 33.4. The van der Waals surface area contributed by atoms with Crippen molar-refractivity contribution < 1.29 is 14.0 Å². The van der Waals surface area contributed by atoms with Crippen molar-refractivity contribution in [2.45, 2.75) is 261 Å². The van der Waals surface area contributed by atoms with Gasteiger partial charge in [-0.3, -0.25) is 4.57 Å². The largest absolute Gasteiger partial charge is 0.326 e. The molecule has 0 heterocycles. The van der Waals surface area contributed by atoms with Crippen molar-refractivity contribution >= 4 is 8.25 Å². The Morgan fingerprint density at radius 1 is 0.311 bits per heavy atom. The van der Waals surface area contributed by atoms with Crippen LogP contribution < -0.4 is 0 Å². The molecule has 1 atom stereocenters. The molecule has 280 valence electrons. The molecule has 0 aliphatic carbocycles. The minimum absolute atomic E-state index is 1.18. The van der Waals surface area contributed by atoms with Gasteiger partial charge in [-0.15, -0.1) is 0 Å². The average Bonchev–Trinajstić information content (AvgIpc) is 3.05. The van der Waals surface area contributed by atoms with Crippen molar-refractivity contribution in [2.24, 2.45) is 0 Å². The molecule has 0 amide bonds. The summed E-state index contributed by atoms with van der Waals surface area (Å²) >= 11 is 0.